The average Bonchev–Trinajstić information content (AvgIpc) is 2.77. The van der Waals surface area contributed by atoms with Crippen molar-refractivity contribution in [2.45, 2.75) is 19.4 Å². The van der Waals surface area contributed by atoms with Crippen molar-refractivity contribution < 1.29 is 13.2 Å². The molecule has 1 heterocycles. The van der Waals surface area contributed by atoms with Crippen molar-refractivity contribution in [3.63, 3.8) is 0 Å². The predicted octanol–water partition coefficient (Wildman–Crippen LogP) is 5.56. The molecule has 1 aromatic heterocycles. The van der Waals surface area contributed by atoms with Crippen LogP contribution in [-0.4, -0.2) is 6.54 Å². The summed E-state index contributed by atoms with van der Waals surface area (Å²) in [5, 5.41) is 3.08. The van der Waals surface area contributed by atoms with Gasteiger partial charge in [0, 0.05) is 11.1 Å². The van der Waals surface area contributed by atoms with Crippen molar-refractivity contribution in [2.24, 2.45) is 0 Å². The zero-order valence-electron chi connectivity index (χ0n) is 11.0. The summed E-state index contributed by atoms with van der Waals surface area (Å²) in [7, 11) is 0. The Hall–Kier alpha value is -0.750. The maximum atomic E-state index is 14.0. The van der Waals surface area contributed by atoms with Crippen molar-refractivity contribution in [1.82, 2.24) is 5.32 Å². The van der Waals surface area contributed by atoms with Crippen LogP contribution >= 0.6 is 34.5 Å². The van der Waals surface area contributed by atoms with Crippen LogP contribution in [0, 0.1) is 17.5 Å². The molecule has 114 valence electrons. The van der Waals surface area contributed by atoms with Crippen LogP contribution in [0.2, 0.25) is 8.67 Å². The first-order chi connectivity index (χ1) is 9.95. The highest BCUT2D eigenvalue weighted by atomic mass is 35.5. The molecule has 1 N–H and O–H groups in total. The highest BCUT2D eigenvalue weighted by Crippen LogP contribution is 2.38. The molecule has 0 radical (unpaired) electrons. The van der Waals surface area contributed by atoms with E-state index in [0.29, 0.717) is 20.8 Å². The van der Waals surface area contributed by atoms with Crippen LogP contribution in [0.5, 0.6) is 0 Å². The molecule has 2 aromatic rings. The molecule has 0 fully saturated rings. The molecule has 1 aromatic carbocycles. The van der Waals surface area contributed by atoms with Gasteiger partial charge < -0.3 is 5.32 Å². The molecule has 7 heteroatoms. The second-order valence-corrected chi connectivity index (χ2v) is 6.72. The van der Waals surface area contributed by atoms with Crippen LogP contribution in [0.25, 0.3) is 0 Å². The fourth-order valence-corrected chi connectivity index (χ4v) is 3.52. The molecule has 0 amide bonds. The Morgan fingerprint density at radius 1 is 1.14 bits per heavy atom. The molecule has 0 spiro atoms. The van der Waals surface area contributed by atoms with Gasteiger partial charge in [0.15, 0.2) is 17.5 Å². The summed E-state index contributed by atoms with van der Waals surface area (Å²) in [6.07, 6.45) is 0.789. The highest BCUT2D eigenvalue weighted by Gasteiger charge is 2.25. The standard InChI is InChI=1S/C14H12Cl2F3NS/c1-2-5-20-13(8-6-10(15)21-14(8)16)7-3-4-9(17)12(19)11(7)18/h3-4,6,13,20H,2,5H2,1H3. The Kier molecular flexibility index (Phi) is 5.54. The zero-order chi connectivity index (χ0) is 15.6. The number of nitrogens with one attached hydrogen (secondary N) is 1. The third kappa shape index (κ3) is 3.54. The van der Waals surface area contributed by atoms with Gasteiger partial charge in [-0.1, -0.05) is 36.2 Å². The van der Waals surface area contributed by atoms with Crippen molar-refractivity contribution in [2.75, 3.05) is 6.54 Å². The number of rotatable bonds is 5. The molecular weight excluding hydrogens is 342 g/mol. The average molecular weight is 354 g/mol. The Balaban J connectivity index is 2.50. The van der Waals surface area contributed by atoms with Crippen LogP contribution in [0.15, 0.2) is 18.2 Å². The predicted molar refractivity (Wildman–Crippen MR) is 80.8 cm³/mol. The quantitative estimate of drug-likeness (QED) is 0.693. The molecule has 0 saturated heterocycles. The molecule has 0 aliphatic rings. The fourth-order valence-electron chi connectivity index (χ4n) is 1.99. The van der Waals surface area contributed by atoms with Crippen LogP contribution in [0.4, 0.5) is 13.2 Å². The number of thiophene rings is 1. The SMILES string of the molecule is CCCNC(c1cc(Cl)sc1Cl)c1ccc(F)c(F)c1F. The molecule has 21 heavy (non-hydrogen) atoms. The lowest BCUT2D eigenvalue weighted by atomic mass is 10.00. The van der Waals surface area contributed by atoms with Crippen LogP contribution in [0.3, 0.4) is 0 Å². The van der Waals surface area contributed by atoms with Crippen LogP contribution < -0.4 is 5.32 Å². The van der Waals surface area contributed by atoms with E-state index in [4.69, 9.17) is 23.2 Å². The molecular formula is C14H12Cl2F3NS. The smallest absolute Gasteiger partial charge is 0.194 e. The van der Waals surface area contributed by atoms with Gasteiger partial charge in [0.2, 0.25) is 0 Å². The second kappa shape index (κ2) is 7.01. The minimum absolute atomic E-state index is 0.00119. The highest BCUT2D eigenvalue weighted by molar-refractivity contribution is 7.20. The van der Waals surface area contributed by atoms with Gasteiger partial charge in [-0.25, -0.2) is 13.2 Å². The summed E-state index contributed by atoms with van der Waals surface area (Å²) in [6.45, 7) is 2.50. The number of benzene rings is 1. The van der Waals surface area contributed by atoms with Gasteiger partial charge in [-0.3, -0.25) is 0 Å². The van der Waals surface area contributed by atoms with Gasteiger partial charge in [-0.2, -0.15) is 0 Å². The van der Waals surface area contributed by atoms with E-state index in [1.807, 2.05) is 6.92 Å². The van der Waals surface area contributed by atoms with Gasteiger partial charge in [0.25, 0.3) is 0 Å². The van der Waals surface area contributed by atoms with Crippen LogP contribution in [0.1, 0.15) is 30.5 Å². The Labute approximate surface area is 134 Å². The monoisotopic (exact) mass is 353 g/mol. The van der Waals surface area contributed by atoms with E-state index >= 15 is 0 Å². The first kappa shape index (κ1) is 16.6. The molecule has 0 aliphatic heterocycles. The number of hydrogen-bond donors (Lipinski definition) is 1. The maximum Gasteiger partial charge on any atom is 0.194 e. The molecule has 0 aliphatic carbocycles. The van der Waals surface area contributed by atoms with Gasteiger partial charge in [-0.05, 0) is 25.1 Å². The van der Waals surface area contributed by atoms with Crippen LogP contribution in [-0.2, 0) is 0 Å². The lowest BCUT2D eigenvalue weighted by Crippen LogP contribution is -2.24. The second-order valence-electron chi connectivity index (χ2n) is 4.43. The summed E-state index contributed by atoms with van der Waals surface area (Å²) in [4.78, 5) is 0. The van der Waals surface area contributed by atoms with Gasteiger partial charge in [0.05, 0.1) is 14.7 Å². The minimum atomic E-state index is -1.49. The van der Waals surface area contributed by atoms with Crippen molar-refractivity contribution in [3.8, 4) is 0 Å². The molecule has 1 unspecified atom stereocenters. The fraction of sp³-hybridized carbons (Fsp3) is 0.286. The minimum Gasteiger partial charge on any atom is -0.306 e. The summed E-state index contributed by atoms with van der Waals surface area (Å²) < 4.78 is 41.4. The lowest BCUT2D eigenvalue weighted by molar-refractivity contribution is 0.432. The molecule has 0 bridgehead atoms. The topological polar surface area (TPSA) is 12.0 Å². The van der Waals surface area contributed by atoms with E-state index in [-0.39, 0.29) is 5.56 Å². The first-order valence-corrected chi connectivity index (χ1v) is 7.84. The summed E-state index contributed by atoms with van der Waals surface area (Å²) in [6, 6.07) is 3.03. The van der Waals surface area contributed by atoms with Crippen molar-refractivity contribution in [3.05, 3.63) is 55.5 Å². The van der Waals surface area contributed by atoms with Gasteiger partial charge in [0.1, 0.15) is 0 Å². The van der Waals surface area contributed by atoms with E-state index < -0.39 is 23.5 Å². The Morgan fingerprint density at radius 3 is 2.43 bits per heavy atom. The first-order valence-electron chi connectivity index (χ1n) is 6.27. The molecule has 2 rings (SSSR count). The third-order valence-corrected chi connectivity index (χ3v) is 4.49. The van der Waals surface area contributed by atoms with E-state index in [2.05, 4.69) is 5.32 Å². The van der Waals surface area contributed by atoms with E-state index in [0.717, 1.165) is 23.8 Å². The van der Waals surface area contributed by atoms with E-state index in [1.165, 1.54) is 6.07 Å². The Morgan fingerprint density at radius 2 is 1.86 bits per heavy atom. The molecule has 0 saturated carbocycles. The third-order valence-electron chi connectivity index (χ3n) is 2.97. The zero-order valence-corrected chi connectivity index (χ0v) is 13.4. The number of hydrogen-bond acceptors (Lipinski definition) is 2. The van der Waals surface area contributed by atoms with Gasteiger partial charge >= 0.3 is 0 Å². The molecule has 1 atom stereocenters. The summed E-state index contributed by atoms with van der Waals surface area (Å²) in [5.74, 6) is -3.94. The Bertz CT molecular complexity index is 645. The normalized spacial score (nSPS) is 12.7. The maximum absolute atomic E-state index is 14.0. The van der Waals surface area contributed by atoms with E-state index in [1.54, 1.807) is 6.07 Å². The largest absolute Gasteiger partial charge is 0.306 e. The molecule has 1 nitrogen and oxygen atoms in total. The van der Waals surface area contributed by atoms with E-state index in [9.17, 15) is 13.2 Å². The number of halogens is 5. The summed E-state index contributed by atoms with van der Waals surface area (Å²) >= 11 is 13.1. The van der Waals surface area contributed by atoms with Crippen molar-refractivity contribution in [1.29, 1.82) is 0 Å². The summed E-state index contributed by atoms with van der Waals surface area (Å²) in [5.41, 5.74) is 0.545. The van der Waals surface area contributed by atoms with Gasteiger partial charge in [-0.15, -0.1) is 11.3 Å². The lowest BCUT2D eigenvalue weighted by Gasteiger charge is -2.19. The van der Waals surface area contributed by atoms with Crippen molar-refractivity contribution >= 4 is 34.5 Å².